The molecule has 0 aliphatic heterocycles. The van der Waals surface area contributed by atoms with Crippen molar-refractivity contribution in [3.8, 4) is 0 Å². The topological polar surface area (TPSA) is 38.3 Å². The first-order chi connectivity index (χ1) is 7.97. The summed E-state index contributed by atoms with van der Waals surface area (Å²) in [6, 6.07) is 9.76. The van der Waals surface area contributed by atoms with Crippen molar-refractivity contribution in [1.29, 1.82) is 0 Å². The van der Waals surface area contributed by atoms with Gasteiger partial charge in [-0.1, -0.05) is 51.1 Å². The van der Waals surface area contributed by atoms with Crippen molar-refractivity contribution in [2.75, 3.05) is 0 Å². The lowest BCUT2D eigenvalue weighted by atomic mass is 9.90. The second-order valence-corrected chi connectivity index (χ2v) is 5.36. The number of hydrogen-bond donors (Lipinski definition) is 1. The van der Waals surface area contributed by atoms with Crippen molar-refractivity contribution in [3.63, 3.8) is 0 Å². The van der Waals surface area contributed by atoms with Crippen LogP contribution in [0.15, 0.2) is 30.3 Å². The summed E-state index contributed by atoms with van der Waals surface area (Å²) in [6.07, 6.45) is 1.35. The summed E-state index contributed by atoms with van der Waals surface area (Å²) in [4.78, 5) is 16.6. The molecule has 1 rings (SSSR count). The Kier molecular flexibility index (Phi) is 5.16. The summed E-state index contributed by atoms with van der Waals surface area (Å²) >= 11 is 0. The minimum Gasteiger partial charge on any atom is -0.273 e. The maximum absolute atomic E-state index is 11.4. The molecule has 0 spiro atoms. The molecule has 0 bridgehead atoms. The molecular formula is C14H21NO2. The second-order valence-electron chi connectivity index (χ2n) is 5.36. The van der Waals surface area contributed by atoms with Crippen molar-refractivity contribution in [3.05, 3.63) is 35.9 Å². The number of amides is 1. The zero-order valence-electron chi connectivity index (χ0n) is 10.8. The van der Waals surface area contributed by atoms with Crippen molar-refractivity contribution in [2.45, 2.75) is 40.2 Å². The molecule has 0 saturated carbocycles. The molecule has 1 aromatic rings. The summed E-state index contributed by atoms with van der Waals surface area (Å²) < 4.78 is 0. The van der Waals surface area contributed by atoms with Crippen molar-refractivity contribution in [1.82, 2.24) is 5.48 Å². The van der Waals surface area contributed by atoms with Gasteiger partial charge in [0.05, 0.1) is 6.61 Å². The highest BCUT2D eigenvalue weighted by Crippen LogP contribution is 2.20. The Morgan fingerprint density at radius 3 is 2.47 bits per heavy atom. The molecule has 0 saturated heterocycles. The molecule has 0 aliphatic carbocycles. The molecule has 3 nitrogen and oxygen atoms in total. The predicted molar refractivity (Wildman–Crippen MR) is 68.1 cm³/mol. The van der Waals surface area contributed by atoms with Gasteiger partial charge in [-0.25, -0.2) is 5.48 Å². The highest BCUT2D eigenvalue weighted by Gasteiger charge is 2.12. The summed E-state index contributed by atoms with van der Waals surface area (Å²) in [5, 5.41) is 0. The van der Waals surface area contributed by atoms with Crippen LogP contribution in [0.25, 0.3) is 0 Å². The SMILES string of the molecule is CC(C)(C)CCC(=O)NOCc1ccccc1. The average Bonchev–Trinajstić information content (AvgIpc) is 2.27. The molecule has 1 aromatic carbocycles. The Bertz CT molecular complexity index is 341. The lowest BCUT2D eigenvalue weighted by molar-refractivity contribution is -0.135. The van der Waals surface area contributed by atoms with Gasteiger partial charge in [0, 0.05) is 6.42 Å². The molecule has 17 heavy (non-hydrogen) atoms. The smallest absolute Gasteiger partial charge is 0.243 e. The molecule has 0 radical (unpaired) electrons. The van der Waals surface area contributed by atoms with Crippen LogP contribution in [-0.2, 0) is 16.2 Å². The van der Waals surface area contributed by atoms with Gasteiger partial charge >= 0.3 is 0 Å². The van der Waals surface area contributed by atoms with Gasteiger partial charge in [0.25, 0.3) is 0 Å². The van der Waals surface area contributed by atoms with Gasteiger partial charge < -0.3 is 0 Å². The van der Waals surface area contributed by atoms with E-state index in [1.165, 1.54) is 0 Å². The molecule has 0 aromatic heterocycles. The van der Waals surface area contributed by atoms with Crippen LogP contribution in [0.3, 0.4) is 0 Å². The van der Waals surface area contributed by atoms with E-state index in [1.807, 2.05) is 30.3 Å². The first-order valence-corrected chi connectivity index (χ1v) is 5.92. The number of hydrogen-bond acceptors (Lipinski definition) is 2. The fourth-order valence-electron chi connectivity index (χ4n) is 1.31. The third kappa shape index (κ3) is 6.74. The van der Waals surface area contributed by atoms with Crippen LogP contribution in [0.4, 0.5) is 0 Å². The van der Waals surface area contributed by atoms with Gasteiger partial charge in [-0.2, -0.15) is 0 Å². The lowest BCUT2D eigenvalue weighted by Gasteiger charge is -2.17. The molecule has 1 amide bonds. The number of carbonyl (C=O) groups excluding carboxylic acids is 1. The quantitative estimate of drug-likeness (QED) is 0.796. The Morgan fingerprint density at radius 1 is 1.24 bits per heavy atom. The maximum Gasteiger partial charge on any atom is 0.243 e. The summed E-state index contributed by atoms with van der Waals surface area (Å²) in [5.74, 6) is -0.0594. The standard InChI is InChI=1S/C14H21NO2/c1-14(2,3)10-9-13(16)15-17-11-12-7-5-4-6-8-12/h4-8H,9-11H2,1-3H3,(H,15,16). The Labute approximate surface area is 103 Å². The molecule has 0 atom stereocenters. The Balaban J connectivity index is 2.17. The second kappa shape index (κ2) is 6.40. The van der Waals surface area contributed by atoms with Crippen LogP contribution in [0.5, 0.6) is 0 Å². The molecule has 3 heteroatoms. The van der Waals surface area contributed by atoms with Gasteiger partial charge in [0.2, 0.25) is 5.91 Å². The van der Waals surface area contributed by atoms with E-state index in [0.29, 0.717) is 13.0 Å². The molecule has 94 valence electrons. The van der Waals surface area contributed by atoms with Crippen LogP contribution in [-0.4, -0.2) is 5.91 Å². The highest BCUT2D eigenvalue weighted by molar-refractivity contribution is 5.74. The highest BCUT2D eigenvalue weighted by atomic mass is 16.6. The molecular weight excluding hydrogens is 214 g/mol. The number of benzene rings is 1. The summed E-state index contributed by atoms with van der Waals surface area (Å²) in [6.45, 7) is 6.75. The van der Waals surface area contributed by atoms with Gasteiger partial charge in [-0.15, -0.1) is 0 Å². The first kappa shape index (κ1) is 13.7. The molecule has 0 unspecified atom stereocenters. The fourth-order valence-corrected chi connectivity index (χ4v) is 1.31. The third-order valence-electron chi connectivity index (χ3n) is 2.37. The molecule has 0 aliphatic rings. The zero-order chi connectivity index (χ0) is 12.7. The summed E-state index contributed by atoms with van der Waals surface area (Å²) in [5.41, 5.74) is 3.69. The Morgan fingerprint density at radius 2 is 1.88 bits per heavy atom. The first-order valence-electron chi connectivity index (χ1n) is 5.92. The summed E-state index contributed by atoms with van der Waals surface area (Å²) in [7, 11) is 0. The number of hydroxylamine groups is 1. The van der Waals surface area contributed by atoms with E-state index >= 15 is 0 Å². The van der Waals surface area contributed by atoms with E-state index in [-0.39, 0.29) is 11.3 Å². The maximum atomic E-state index is 11.4. The minimum absolute atomic E-state index is 0.0594. The van der Waals surface area contributed by atoms with E-state index < -0.39 is 0 Å². The third-order valence-corrected chi connectivity index (χ3v) is 2.37. The van der Waals surface area contributed by atoms with E-state index in [1.54, 1.807) is 0 Å². The van der Waals surface area contributed by atoms with Gasteiger partial charge in [-0.3, -0.25) is 9.63 Å². The number of carbonyl (C=O) groups is 1. The van der Waals surface area contributed by atoms with Crippen LogP contribution in [0, 0.1) is 5.41 Å². The van der Waals surface area contributed by atoms with Gasteiger partial charge in [0.15, 0.2) is 0 Å². The van der Waals surface area contributed by atoms with E-state index in [2.05, 4.69) is 26.3 Å². The number of rotatable bonds is 5. The monoisotopic (exact) mass is 235 g/mol. The minimum atomic E-state index is -0.0594. The van der Waals surface area contributed by atoms with Crippen molar-refractivity contribution >= 4 is 5.91 Å². The van der Waals surface area contributed by atoms with Gasteiger partial charge in [-0.05, 0) is 17.4 Å². The Hall–Kier alpha value is -1.35. The number of nitrogens with one attached hydrogen (secondary N) is 1. The molecule has 0 heterocycles. The van der Waals surface area contributed by atoms with Crippen LogP contribution in [0.1, 0.15) is 39.2 Å². The van der Waals surface area contributed by atoms with E-state index in [9.17, 15) is 4.79 Å². The van der Waals surface area contributed by atoms with E-state index in [0.717, 1.165) is 12.0 Å². The van der Waals surface area contributed by atoms with Crippen LogP contribution in [0.2, 0.25) is 0 Å². The zero-order valence-corrected chi connectivity index (χ0v) is 10.8. The van der Waals surface area contributed by atoms with Gasteiger partial charge in [0.1, 0.15) is 0 Å². The lowest BCUT2D eigenvalue weighted by Crippen LogP contribution is -2.24. The van der Waals surface area contributed by atoms with Crippen molar-refractivity contribution in [2.24, 2.45) is 5.41 Å². The molecule has 0 fully saturated rings. The van der Waals surface area contributed by atoms with E-state index in [4.69, 9.17) is 4.84 Å². The molecule has 1 N–H and O–H groups in total. The van der Waals surface area contributed by atoms with Crippen molar-refractivity contribution < 1.29 is 9.63 Å². The normalized spacial score (nSPS) is 11.2. The fraction of sp³-hybridized carbons (Fsp3) is 0.500. The predicted octanol–water partition coefficient (Wildman–Crippen LogP) is 3.06. The van der Waals surface area contributed by atoms with Crippen LogP contribution >= 0.6 is 0 Å². The average molecular weight is 235 g/mol. The largest absolute Gasteiger partial charge is 0.273 e. The van der Waals surface area contributed by atoms with Crippen LogP contribution < -0.4 is 5.48 Å².